The summed E-state index contributed by atoms with van der Waals surface area (Å²) in [5, 5.41) is 7.83. The van der Waals surface area contributed by atoms with E-state index in [0.717, 1.165) is 11.6 Å². The molecule has 90 valence electrons. The fraction of sp³-hybridized carbons (Fsp3) is 0.231. The van der Waals surface area contributed by atoms with Crippen molar-refractivity contribution in [3.8, 4) is 0 Å². The second-order valence-corrected chi connectivity index (χ2v) is 4.21. The van der Waals surface area contributed by atoms with Crippen molar-refractivity contribution in [1.82, 2.24) is 0 Å². The van der Waals surface area contributed by atoms with Crippen LogP contribution in [0.15, 0.2) is 24.3 Å². The second-order valence-electron chi connectivity index (χ2n) is 3.78. The van der Waals surface area contributed by atoms with Gasteiger partial charge in [0.2, 0.25) is 0 Å². The predicted molar refractivity (Wildman–Crippen MR) is 67.1 cm³/mol. The van der Waals surface area contributed by atoms with E-state index in [1.807, 2.05) is 13.0 Å². The molecule has 17 heavy (non-hydrogen) atoms. The van der Waals surface area contributed by atoms with Crippen LogP contribution >= 0.6 is 11.6 Å². The molecule has 0 aliphatic heterocycles. The molecule has 0 saturated heterocycles. The summed E-state index contributed by atoms with van der Waals surface area (Å²) in [7, 11) is 0. The molecular weight excluding hydrogens is 240 g/mol. The molecule has 0 spiro atoms. The molecule has 1 atom stereocenters. The number of carbonyl (C=O) groups excluding carboxylic acids is 1. The monoisotopic (exact) mass is 252 g/mol. The van der Waals surface area contributed by atoms with E-state index in [9.17, 15) is 9.59 Å². The number of carboxylic acids is 1. The predicted octanol–water partition coefficient (Wildman–Crippen LogP) is 2.96. The van der Waals surface area contributed by atoms with Crippen molar-refractivity contribution < 1.29 is 14.7 Å². The molecule has 1 aromatic carbocycles. The van der Waals surface area contributed by atoms with E-state index < -0.39 is 11.3 Å². The van der Waals surface area contributed by atoms with E-state index in [2.05, 4.69) is 0 Å². The number of aliphatic carboxylic acids is 1. The summed E-state index contributed by atoms with van der Waals surface area (Å²) >= 11 is 6.00. The van der Waals surface area contributed by atoms with Gasteiger partial charge in [-0.3, -0.25) is 4.79 Å². The standard InChI is InChI=1S/C13H13ClO3/c1-8-3-4-10(5-6-12(16)17)11(7-8)13(14)9(2)15/h3-7,13H,1-2H3,(H,16,17)/b6-5+. The average molecular weight is 253 g/mol. The van der Waals surface area contributed by atoms with Crippen LogP contribution in [-0.2, 0) is 9.59 Å². The zero-order chi connectivity index (χ0) is 13.0. The number of carboxylic acid groups (broad SMARTS) is 1. The van der Waals surface area contributed by atoms with Crippen molar-refractivity contribution in [3.05, 3.63) is 41.0 Å². The molecule has 4 heteroatoms. The molecule has 1 N–H and O–H groups in total. The highest BCUT2D eigenvalue weighted by Gasteiger charge is 2.16. The third kappa shape index (κ3) is 3.71. The first-order chi connectivity index (χ1) is 7.91. The van der Waals surface area contributed by atoms with E-state index >= 15 is 0 Å². The minimum Gasteiger partial charge on any atom is -0.478 e. The molecule has 0 aliphatic rings. The Morgan fingerprint density at radius 2 is 2.06 bits per heavy atom. The van der Waals surface area contributed by atoms with Gasteiger partial charge < -0.3 is 5.11 Å². The van der Waals surface area contributed by atoms with Crippen molar-refractivity contribution in [2.45, 2.75) is 19.2 Å². The lowest BCUT2D eigenvalue weighted by atomic mass is 9.99. The number of rotatable bonds is 4. The molecule has 0 aromatic heterocycles. The van der Waals surface area contributed by atoms with Crippen molar-refractivity contribution in [2.24, 2.45) is 0 Å². The van der Waals surface area contributed by atoms with Crippen LogP contribution in [0.5, 0.6) is 0 Å². The smallest absolute Gasteiger partial charge is 0.328 e. The number of aryl methyl sites for hydroxylation is 1. The van der Waals surface area contributed by atoms with Crippen LogP contribution in [0.2, 0.25) is 0 Å². The number of ketones is 1. The first-order valence-electron chi connectivity index (χ1n) is 5.08. The third-order valence-electron chi connectivity index (χ3n) is 2.28. The minimum absolute atomic E-state index is 0.165. The molecule has 0 radical (unpaired) electrons. The van der Waals surface area contributed by atoms with Gasteiger partial charge in [0, 0.05) is 6.08 Å². The van der Waals surface area contributed by atoms with E-state index in [1.54, 1.807) is 12.1 Å². The number of halogens is 1. The van der Waals surface area contributed by atoms with Crippen molar-refractivity contribution in [3.63, 3.8) is 0 Å². The maximum atomic E-state index is 11.3. The largest absolute Gasteiger partial charge is 0.478 e. The summed E-state index contributed by atoms with van der Waals surface area (Å²) in [6.07, 6.45) is 2.47. The van der Waals surface area contributed by atoms with E-state index in [0.29, 0.717) is 11.1 Å². The highest BCUT2D eigenvalue weighted by molar-refractivity contribution is 6.31. The van der Waals surface area contributed by atoms with Crippen LogP contribution in [-0.4, -0.2) is 16.9 Å². The Morgan fingerprint density at radius 3 is 2.59 bits per heavy atom. The highest BCUT2D eigenvalue weighted by atomic mass is 35.5. The SMILES string of the molecule is CC(=O)C(Cl)c1cc(C)ccc1/C=C/C(=O)O. The number of hydrogen-bond donors (Lipinski definition) is 1. The van der Waals surface area contributed by atoms with Gasteiger partial charge in [-0.05, 0) is 31.1 Å². The normalized spacial score (nSPS) is 12.6. The molecule has 0 aliphatic carbocycles. The number of hydrogen-bond acceptors (Lipinski definition) is 2. The van der Waals surface area contributed by atoms with Gasteiger partial charge >= 0.3 is 5.97 Å². The Kier molecular flexibility index (Phi) is 4.46. The zero-order valence-corrected chi connectivity index (χ0v) is 10.4. The molecule has 1 aromatic rings. The summed E-state index contributed by atoms with van der Waals surface area (Å²) in [5.74, 6) is -1.20. The fourth-order valence-corrected chi connectivity index (χ4v) is 1.63. The second kappa shape index (κ2) is 5.64. The fourth-order valence-electron chi connectivity index (χ4n) is 1.45. The summed E-state index contributed by atoms with van der Waals surface area (Å²) in [4.78, 5) is 21.7. The number of carbonyl (C=O) groups is 2. The Bertz CT molecular complexity index is 478. The molecule has 1 unspecified atom stereocenters. The average Bonchev–Trinajstić information content (AvgIpc) is 2.26. The van der Waals surface area contributed by atoms with Gasteiger partial charge in [0.15, 0.2) is 5.78 Å². The maximum Gasteiger partial charge on any atom is 0.328 e. The number of Topliss-reactive ketones (excluding diaryl/α,β-unsaturated/α-hetero) is 1. The third-order valence-corrected chi connectivity index (χ3v) is 2.82. The summed E-state index contributed by atoms with van der Waals surface area (Å²) in [6, 6.07) is 5.39. The molecule has 0 fully saturated rings. The molecule has 3 nitrogen and oxygen atoms in total. The van der Waals surface area contributed by atoms with Gasteiger partial charge in [-0.2, -0.15) is 0 Å². The van der Waals surface area contributed by atoms with Crippen LogP contribution in [0.25, 0.3) is 6.08 Å². The van der Waals surface area contributed by atoms with Crippen molar-refractivity contribution >= 4 is 29.4 Å². The molecule has 0 heterocycles. The molecule has 0 saturated carbocycles. The summed E-state index contributed by atoms with van der Waals surface area (Å²) in [5.41, 5.74) is 2.25. The van der Waals surface area contributed by atoms with Gasteiger partial charge in [0.1, 0.15) is 5.38 Å². The van der Waals surface area contributed by atoms with Gasteiger partial charge in [-0.25, -0.2) is 4.79 Å². The molecule has 0 bridgehead atoms. The first-order valence-corrected chi connectivity index (χ1v) is 5.51. The lowest BCUT2D eigenvalue weighted by Crippen LogP contribution is -2.04. The first kappa shape index (κ1) is 13.5. The van der Waals surface area contributed by atoms with Crippen LogP contribution in [0.1, 0.15) is 29.0 Å². The Labute approximate surface area is 105 Å². The number of benzene rings is 1. The van der Waals surface area contributed by atoms with E-state index in [4.69, 9.17) is 16.7 Å². The van der Waals surface area contributed by atoms with Gasteiger partial charge in [0.25, 0.3) is 0 Å². The Morgan fingerprint density at radius 1 is 1.41 bits per heavy atom. The van der Waals surface area contributed by atoms with Crippen LogP contribution in [0.3, 0.4) is 0 Å². The zero-order valence-electron chi connectivity index (χ0n) is 9.61. The van der Waals surface area contributed by atoms with Crippen LogP contribution < -0.4 is 0 Å². The number of alkyl halides is 1. The lowest BCUT2D eigenvalue weighted by Gasteiger charge is -2.11. The van der Waals surface area contributed by atoms with E-state index in [1.165, 1.54) is 13.0 Å². The molecule has 0 amide bonds. The quantitative estimate of drug-likeness (QED) is 0.662. The lowest BCUT2D eigenvalue weighted by molar-refractivity contribution is -0.131. The van der Waals surface area contributed by atoms with E-state index in [-0.39, 0.29) is 5.78 Å². The maximum absolute atomic E-state index is 11.3. The molecular formula is C13H13ClO3. The van der Waals surface area contributed by atoms with Gasteiger partial charge in [-0.1, -0.05) is 23.8 Å². The molecule has 1 rings (SSSR count). The summed E-state index contributed by atoms with van der Waals surface area (Å²) in [6.45, 7) is 3.29. The Hall–Kier alpha value is -1.61. The van der Waals surface area contributed by atoms with Gasteiger partial charge in [0.05, 0.1) is 0 Å². The van der Waals surface area contributed by atoms with Crippen LogP contribution in [0.4, 0.5) is 0 Å². The van der Waals surface area contributed by atoms with Crippen LogP contribution in [0, 0.1) is 6.92 Å². The van der Waals surface area contributed by atoms with Gasteiger partial charge in [-0.15, -0.1) is 11.6 Å². The topological polar surface area (TPSA) is 54.4 Å². The summed E-state index contributed by atoms with van der Waals surface area (Å²) < 4.78 is 0. The highest BCUT2D eigenvalue weighted by Crippen LogP contribution is 2.27. The van der Waals surface area contributed by atoms with Crippen molar-refractivity contribution in [2.75, 3.05) is 0 Å². The van der Waals surface area contributed by atoms with Crippen molar-refractivity contribution in [1.29, 1.82) is 0 Å². The minimum atomic E-state index is -1.04. The Balaban J connectivity index is 3.21.